The number of nitrogens with zero attached hydrogens (tertiary/aromatic N) is 2. The zero-order valence-corrected chi connectivity index (χ0v) is 23.6. The molecule has 9 heteroatoms. The Hall–Kier alpha value is -3.72. The Labute approximate surface area is 230 Å². The van der Waals surface area contributed by atoms with Crippen LogP contribution < -0.4 is 9.62 Å². The van der Waals surface area contributed by atoms with Crippen LogP contribution in [0.15, 0.2) is 83.8 Å². The molecule has 0 aromatic heterocycles. The Balaban J connectivity index is 2.03. The molecule has 0 aliphatic heterocycles. The van der Waals surface area contributed by atoms with Crippen LogP contribution in [-0.2, 0) is 26.2 Å². The quantitative estimate of drug-likeness (QED) is 0.345. The summed E-state index contributed by atoms with van der Waals surface area (Å²) >= 11 is 0. The molecule has 1 atom stereocenters. The van der Waals surface area contributed by atoms with Crippen molar-refractivity contribution >= 4 is 27.5 Å². The van der Waals surface area contributed by atoms with Gasteiger partial charge in [-0.2, -0.15) is 0 Å². The first-order valence-corrected chi connectivity index (χ1v) is 14.4. The SMILES string of the molecule is CCC(C(=O)NCC(C)C)N(Cc1ccccc1C)C(=O)CN(c1ccccc1)S(=O)(=O)c1ccc(F)cc1. The van der Waals surface area contributed by atoms with Gasteiger partial charge in [-0.15, -0.1) is 0 Å². The van der Waals surface area contributed by atoms with Gasteiger partial charge in [-0.25, -0.2) is 12.8 Å². The van der Waals surface area contributed by atoms with Gasteiger partial charge in [0.15, 0.2) is 0 Å². The number of sulfonamides is 1. The number of hydrogen-bond donors (Lipinski definition) is 1. The topological polar surface area (TPSA) is 86.8 Å². The van der Waals surface area contributed by atoms with Crippen LogP contribution in [0.25, 0.3) is 0 Å². The Bertz CT molecular complexity index is 1360. The van der Waals surface area contributed by atoms with E-state index in [9.17, 15) is 22.4 Å². The van der Waals surface area contributed by atoms with E-state index in [1.54, 1.807) is 30.3 Å². The summed E-state index contributed by atoms with van der Waals surface area (Å²) in [6.07, 6.45) is 0.345. The smallest absolute Gasteiger partial charge is 0.264 e. The summed E-state index contributed by atoms with van der Waals surface area (Å²) in [6, 6.07) is 19.5. The monoisotopic (exact) mass is 553 g/mol. The third-order valence-electron chi connectivity index (χ3n) is 6.40. The largest absolute Gasteiger partial charge is 0.354 e. The molecule has 7 nitrogen and oxygen atoms in total. The van der Waals surface area contributed by atoms with E-state index >= 15 is 0 Å². The molecule has 0 spiro atoms. The van der Waals surface area contributed by atoms with Crippen LogP contribution in [-0.4, -0.2) is 44.3 Å². The Morgan fingerprint density at radius 3 is 2.13 bits per heavy atom. The molecule has 0 saturated heterocycles. The molecule has 0 aliphatic rings. The van der Waals surface area contributed by atoms with Crippen LogP contribution in [0.4, 0.5) is 10.1 Å². The Morgan fingerprint density at radius 2 is 1.54 bits per heavy atom. The van der Waals surface area contributed by atoms with Crippen molar-refractivity contribution in [1.29, 1.82) is 0 Å². The molecule has 0 saturated carbocycles. The predicted octanol–water partition coefficient (Wildman–Crippen LogP) is 4.91. The summed E-state index contributed by atoms with van der Waals surface area (Å²) < 4.78 is 42.0. The van der Waals surface area contributed by atoms with E-state index < -0.39 is 34.3 Å². The standard InChI is InChI=1S/C30H36FN3O4S/c1-5-28(30(36)32-19-22(2)3)33(20-24-12-10-9-11-23(24)4)29(35)21-34(26-13-7-6-8-14-26)39(37,38)27-17-15-25(31)16-18-27/h6-18,22,28H,5,19-21H2,1-4H3,(H,32,36). The molecule has 2 amide bonds. The minimum absolute atomic E-state index is 0.137. The molecule has 3 aromatic carbocycles. The average Bonchev–Trinajstić information content (AvgIpc) is 2.92. The number of rotatable bonds is 12. The van der Waals surface area contributed by atoms with Crippen LogP contribution in [0.3, 0.4) is 0 Å². The van der Waals surface area contributed by atoms with Gasteiger partial charge in [0.2, 0.25) is 11.8 Å². The van der Waals surface area contributed by atoms with Crippen molar-refractivity contribution in [3.05, 3.63) is 95.8 Å². The molecule has 208 valence electrons. The number of benzene rings is 3. The van der Waals surface area contributed by atoms with Crippen molar-refractivity contribution in [3.8, 4) is 0 Å². The fourth-order valence-electron chi connectivity index (χ4n) is 4.17. The van der Waals surface area contributed by atoms with E-state index in [0.29, 0.717) is 13.0 Å². The zero-order chi connectivity index (χ0) is 28.6. The lowest BCUT2D eigenvalue weighted by Gasteiger charge is -2.33. The highest BCUT2D eigenvalue weighted by Crippen LogP contribution is 2.25. The van der Waals surface area contributed by atoms with Gasteiger partial charge in [0.05, 0.1) is 10.6 Å². The second kappa shape index (κ2) is 13.4. The molecule has 0 aliphatic carbocycles. The summed E-state index contributed by atoms with van der Waals surface area (Å²) in [5.74, 6) is -1.17. The molecule has 0 heterocycles. The second-order valence-electron chi connectivity index (χ2n) is 9.81. The lowest BCUT2D eigenvalue weighted by Crippen LogP contribution is -2.52. The minimum atomic E-state index is -4.24. The fourth-order valence-corrected chi connectivity index (χ4v) is 5.58. The first kappa shape index (κ1) is 29.8. The molecule has 0 radical (unpaired) electrons. The number of hydrogen-bond acceptors (Lipinski definition) is 4. The number of para-hydroxylation sites is 1. The van der Waals surface area contributed by atoms with E-state index in [4.69, 9.17) is 0 Å². The number of anilines is 1. The van der Waals surface area contributed by atoms with Gasteiger partial charge in [-0.1, -0.05) is 63.2 Å². The van der Waals surface area contributed by atoms with Crippen LogP contribution in [0, 0.1) is 18.7 Å². The van der Waals surface area contributed by atoms with E-state index in [1.807, 2.05) is 52.0 Å². The fraction of sp³-hybridized carbons (Fsp3) is 0.333. The highest BCUT2D eigenvalue weighted by Gasteiger charge is 2.33. The Kier molecular flexibility index (Phi) is 10.2. The van der Waals surface area contributed by atoms with Crippen molar-refractivity contribution in [1.82, 2.24) is 10.2 Å². The number of amides is 2. The van der Waals surface area contributed by atoms with Gasteiger partial charge in [0.25, 0.3) is 10.0 Å². The van der Waals surface area contributed by atoms with Gasteiger partial charge in [0.1, 0.15) is 18.4 Å². The van der Waals surface area contributed by atoms with Crippen molar-refractivity contribution in [3.63, 3.8) is 0 Å². The average molecular weight is 554 g/mol. The number of carbonyl (C=O) groups excluding carboxylic acids is 2. The molecule has 1 unspecified atom stereocenters. The first-order chi connectivity index (χ1) is 18.5. The lowest BCUT2D eigenvalue weighted by molar-refractivity contribution is -0.140. The van der Waals surface area contributed by atoms with Crippen molar-refractivity contribution < 1.29 is 22.4 Å². The predicted molar refractivity (Wildman–Crippen MR) is 151 cm³/mol. The maximum absolute atomic E-state index is 14.0. The summed E-state index contributed by atoms with van der Waals surface area (Å²) in [6.45, 7) is 7.76. The van der Waals surface area contributed by atoms with Crippen molar-refractivity contribution in [2.24, 2.45) is 5.92 Å². The molecule has 3 aromatic rings. The van der Waals surface area contributed by atoms with Gasteiger partial charge in [-0.05, 0) is 66.8 Å². The van der Waals surface area contributed by atoms with Crippen LogP contribution >= 0.6 is 0 Å². The lowest BCUT2D eigenvalue weighted by atomic mass is 10.1. The molecule has 39 heavy (non-hydrogen) atoms. The molecular weight excluding hydrogens is 517 g/mol. The third-order valence-corrected chi connectivity index (χ3v) is 8.19. The maximum Gasteiger partial charge on any atom is 0.264 e. The Morgan fingerprint density at radius 1 is 0.923 bits per heavy atom. The summed E-state index contributed by atoms with van der Waals surface area (Å²) in [5.41, 5.74) is 2.09. The van der Waals surface area contributed by atoms with Gasteiger partial charge in [0, 0.05) is 13.1 Å². The number of carbonyl (C=O) groups is 2. The maximum atomic E-state index is 14.0. The van der Waals surface area contributed by atoms with Gasteiger partial charge >= 0.3 is 0 Å². The van der Waals surface area contributed by atoms with E-state index in [2.05, 4.69) is 5.32 Å². The normalized spacial score (nSPS) is 12.2. The van der Waals surface area contributed by atoms with Gasteiger partial charge in [-0.3, -0.25) is 13.9 Å². The van der Waals surface area contributed by atoms with E-state index in [0.717, 1.165) is 27.6 Å². The summed E-state index contributed by atoms with van der Waals surface area (Å²) in [7, 11) is -4.24. The van der Waals surface area contributed by atoms with Crippen molar-refractivity contribution in [2.45, 2.75) is 51.6 Å². The van der Waals surface area contributed by atoms with E-state index in [-0.39, 0.29) is 29.0 Å². The van der Waals surface area contributed by atoms with Crippen LogP contribution in [0.2, 0.25) is 0 Å². The van der Waals surface area contributed by atoms with E-state index in [1.165, 1.54) is 17.0 Å². The van der Waals surface area contributed by atoms with Gasteiger partial charge < -0.3 is 10.2 Å². The molecular formula is C30H36FN3O4S. The van der Waals surface area contributed by atoms with Crippen molar-refractivity contribution in [2.75, 3.05) is 17.4 Å². The number of halogens is 1. The summed E-state index contributed by atoms with van der Waals surface area (Å²) in [4.78, 5) is 28.5. The molecule has 0 bridgehead atoms. The highest BCUT2D eigenvalue weighted by atomic mass is 32.2. The first-order valence-electron chi connectivity index (χ1n) is 13.0. The molecule has 3 rings (SSSR count). The molecule has 0 fully saturated rings. The zero-order valence-electron chi connectivity index (χ0n) is 22.8. The highest BCUT2D eigenvalue weighted by molar-refractivity contribution is 7.92. The third kappa shape index (κ3) is 7.66. The minimum Gasteiger partial charge on any atom is -0.354 e. The molecule has 1 N–H and O–H groups in total. The van der Waals surface area contributed by atoms with Crippen LogP contribution in [0.1, 0.15) is 38.3 Å². The summed E-state index contributed by atoms with van der Waals surface area (Å²) in [5, 5.41) is 2.92. The van der Waals surface area contributed by atoms with Crippen LogP contribution in [0.5, 0.6) is 0 Å². The second-order valence-corrected chi connectivity index (χ2v) is 11.7. The number of aryl methyl sites for hydroxylation is 1. The number of nitrogens with one attached hydrogen (secondary N) is 1.